The van der Waals surface area contributed by atoms with E-state index in [0.717, 1.165) is 0 Å². The van der Waals surface area contributed by atoms with Crippen LogP contribution >= 0.6 is 0 Å². The first-order valence-electron chi connectivity index (χ1n) is 2.23. The molecule has 0 radical (unpaired) electrons. The number of rotatable bonds is 0. The lowest BCUT2D eigenvalue weighted by Gasteiger charge is -2.02. The molecule has 0 saturated carbocycles. The van der Waals surface area contributed by atoms with Gasteiger partial charge in [0.1, 0.15) is 0 Å². The summed E-state index contributed by atoms with van der Waals surface area (Å²) in [6.07, 6.45) is 0.250. The van der Waals surface area contributed by atoms with Gasteiger partial charge < -0.3 is 4.90 Å². The van der Waals surface area contributed by atoms with Crippen molar-refractivity contribution in [2.24, 2.45) is 0 Å². The van der Waals surface area contributed by atoms with Crippen molar-refractivity contribution in [1.29, 1.82) is 0 Å². The third kappa shape index (κ3) is 19.8. The molecular weight excluding hydrogens is 122 g/mol. The molecule has 9 heavy (non-hydrogen) atoms. The number of amides is 1. The summed E-state index contributed by atoms with van der Waals surface area (Å²) < 4.78 is 0. The molecule has 0 aliphatic carbocycles. The molecule has 1 amide bonds. The maximum absolute atomic E-state index is 10.1. The quantitative estimate of drug-likeness (QED) is 0.445. The molecule has 0 N–H and O–H groups in total. The first-order valence-corrected chi connectivity index (χ1v) is 2.23. The standard InChI is InChI=1S/C4H9NO.CO2/c1-4(6)5(2)3;2-1-3/h1-3H3;. The molecule has 0 spiro atoms. The molecule has 0 atom stereocenters. The van der Waals surface area contributed by atoms with Crippen LogP contribution in [0.2, 0.25) is 0 Å². The normalized spacial score (nSPS) is 6.11. The van der Waals surface area contributed by atoms with E-state index in [-0.39, 0.29) is 12.1 Å². The number of carbonyl (C=O) groups is 1. The average molecular weight is 131 g/mol. The van der Waals surface area contributed by atoms with Crippen LogP contribution in [0.3, 0.4) is 0 Å². The molecule has 4 nitrogen and oxygen atoms in total. The van der Waals surface area contributed by atoms with E-state index in [0.29, 0.717) is 0 Å². The van der Waals surface area contributed by atoms with Crippen LogP contribution in [-0.4, -0.2) is 31.1 Å². The Labute approximate surface area is 53.4 Å². The van der Waals surface area contributed by atoms with Gasteiger partial charge in [0.05, 0.1) is 0 Å². The first-order chi connectivity index (χ1) is 4.06. The molecule has 0 unspecified atom stereocenters. The summed E-state index contributed by atoms with van der Waals surface area (Å²) in [4.78, 5) is 27.8. The van der Waals surface area contributed by atoms with Crippen molar-refractivity contribution in [1.82, 2.24) is 4.90 Å². The fraction of sp³-hybridized carbons (Fsp3) is 0.600. The molecule has 0 aromatic heterocycles. The largest absolute Gasteiger partial charge is 0.373 e. The monoisotopic (exact) mass is 131 g/mol. The van der Waals surface area contributed by atoms with Gasteiger partial charge in [0.15, 0.2) is 0 Å². The lowest BCUT2D eigenvalue weighted by atomic mass is 10.7. The van der Waals surface area contributed by atoms with E-state index < -0.39 is 0 Å². The van der Waals surface area contributed by atoms with E-state index in [1.54, 1.807) is 14.1 Å². The third-order valence-electron chi connectivity index (χ3n) is 0.630. The topological polar surface area (TPSA) is 54.5 Å². The zero-order valence-corrected chi connectivity index (χ0v) is 5.67. The Bertz CT molecular complexity index is 113. The van der Waals surface area contributed by atoms with Gasteiger partial charge >= 0.3 is 6.15 Å². The molecule has 0 aliphatic heterocycles. The number of hydrogen-bond donors (Lipinski definition) is 0. The fourth-order valence-corrected chi connectivity index (χ4v) is 0. The van der Waals surface area contributed by atoms with E-state index in [2.05, 4.69) is 0 Å². The van der Waals surface area contributed by atoms with Gasteiger partial charge in [-0.1, -0.05) is 0 Å². The van der Waals surface area contributed by atoms with Crippen molar-refractivity contribution in [2.45, 2.75) is 6.92 Å². The highest BCUT2D eigenvalue weighted by atomic mass is 16.2. The zero-order valence-electron chi connectivity index (χ0n) is 5.67. The van der Waals surface area contributed by atoms with Gasteiger partial charge in [-0.2, -0.15) is 9.59 Å². The Morgan fingerprint density at radius 2 is 1.44 bits per heavy atom. The van der Waals surface area contributed by atoms with E-state index in [1.165, 1.54) is 11.8 Å². The van der Waals surface area contributed by atoms with E-state index >= 15 is 0 Å². The second-order valence-corrected chi connectivity index (χ2v) is 1.50. The summed E-state index contributed by atoms with van der Waals surface area (Å²) >= 11 is 0. The van der Waals surface area contributed by atoms with Crippen LogP contribution in [0, 0.1) is 0 Å². The Morgan fingerprint density at radius 1 is 1.33 bits per heavy atom. The summed E-state index contributed by atoms with van der Waals surface area (Å²) in [5, 5.41) is 0. The smallest absolute Gasteiger partial charge is 0.349 e. The van der Waals surface area contributed by atoms with Crippen molar-refractivity contribution in [3.8, 4) is 0 Å². The Balaban J connectivity index is 0. The van der Waals surface area contributed by atoms with Crippen LogP contribution in [0.25, 0.3) is 0 Å². The predicted molar refractivity (Wildman–Crippen MR) is 29.4 cm³/mol. The SMILES string of the molecule is CC(=O)N(C)C.O=C=O. The van der Waals surface area contributed by atoms with Gasteiger partial charge in [0.2, 0.25) is 5.91 Å². The minimum absolute atomic E-state index is 0.0926. The van der Waals surface area contributed by atoms with E-state index in [4.69, 9.17) is 9.59 Å². The van der Waals surface area contributed by atoms with Crippen LogP contribution in [-0.2, 0) is 14.4 Å². The summed E-state index contributed by atoms with van der Waals surface area (Å²) in [5.74, 6) is 0.0926. The molecule has 0 heterocycles. The van der Waals surface area contributed by atoms with Gasteiger partial charge in [0, 0.05) is 21.0 Å². The third-order valence-corrected chi connectivity index (χ3v) is 0.630. The van der Waals surface area contributed by atoms with Gasteiger partial charge in [0.25, 0.3) is 0 Å². The average Bonchev–Trinajstić information content (AvgIpc) is 1.68. The minimum Gasteiger partial charge on any atom is -0.349 e. The highest BCUT2D eigenvalue weighted by molar-refractivity contribution is 5.72. The van der Waals surface area contributed by atoms with Gasteiger partial charge in [-0.15, -0.1) is 0 Å². The van der Waals surface area contributed by atoms with Crippen molar-refractivity contribution < 1.29 is 14.4 Å². The van der Waals surface area contributed by atoms with Crippen molar-refractivity contribution in [2.75, 3.05) is 14.1 Å². The maximum atomic E-state index is 10.1. The minimum atomic E-state index is 0.0926. The molecule has 0 aromatic carbocycles. The summed E-state index contributed by atoms with van der Waals surface area (Å²) in [6, 6.07) is 0. The fourth-order valence-electron chi connectivity index (χ4n) is 0. The second-order valence-electron chi connectivity index (χ2n) is 1.50. The van der Waals surface area contributed by atoms with Gasteiger partial charge in [-0.05, 0) is 0 Å². The van der Waals surface area contributed by atoms with E-state index in [9.17, 15) is 4.79 Å². The van der Waals surface area contributed by atoms with Gasteiger partial charge in [-0.25, -0.2) is 0 Å². The molecule has 0 aliphatic rings. The molecule has 52 valence electrons. The van der Waals surface area contributed by atoms with E-state index in [1.807, 2.05) is 0 Å². The summed E-state index contributed by atoms with van der Waals surface area (Å²) in [6.45, 7) is 1.53. The second kappa shape index (κ2) is 6.85. The zero-order chi connectivity index (χ0) is 7.86. The predicted octanol–water partition coefficient (Wildman–Crippen LogP) is -0.489. The Hall–Kier alpha value is -1.15. The van der Waals surface area contributed by atoms with Crippen molar-refractivity contribution in [3.05, 3.63) is 0 Å². The summed E-state index contributed by atoms with van der Waals surface area (Å²) in [7, 11) is 3.45. The van der Waals surface area contributed by atoms with Crippen LogP contribution < -0.4 is 0 Å². The molecular formula is C5H9NO3. The van der Waals surface area contributed by atoms with Crippen molar-refractivity contribution >= 4 is 12.1 Å². The maximum Gasteiger partial charge on any atom is 0.373 e. The van der Waals surface area contributed by atoms with Crippen LogP contribution in [0.5, 0.6) is 0 Å². The highest BCUT2D eigenvalue weighted by Gasteiger charge is 1.87. The number of nitrogens with zero attached hydrogens (tertiary/aromatic N) is 1. The highest BCUT2D eigenvalue weighted by Crippen LogP contribution is 1.69. The number of carbonyl (C=O) groups excluding carboxylic acids is 3. The number of hydrogen-bond acceptors (Lipinski definition) is 3. The lowest BCUT2D eigenvalue weighted by Crippen LogP contribution is -2.17. The van der Waals surface area contributed by atoms with Crippen LogP contribution in [0.1, 0.15) is 6.92 Å². The van der Waals surface area contributed by atoms with Crippen LogP contribution in [0.15, 0.2) is 0 Å². The van der Waals surface area contributed by atoms with Gasteiger partial charge in [-0.3, -0.25) is 4.79 Å². The molecule has 0 saturated heterocycles. The molecule has 0 aromatic rings. The molecule has 0 fully saturated rings. The Morgan fingerprint density at radius 3 is 1.44 bits per heavy atom. The van der Waals surface area contributed by atoms with Crippen LogP contribution in [0.4, 0.5) is 0 Å². The molecule has 0 bridgehead atoms. The molecule has 4 heteroatoms. The molecule has 0 rings (SSSR count). The van der Waals surface area contributed by atoms with Crippen molar-refractivity contribution in [3.63, 3.8) is 0 Å². The summed E-state index contributed by atoms with van der Waals surface area (Å²) in [5.41, 5.74) is 0. The first kappa shape index (κ1) is 10.8. The lowest BCUT2D eigenvalue weighted by molar-refractivity contribution is -0.191. The Kier molecular flexibility index (Phi) is 8.19.